The highest BCUT2D eigenvalue weighted by Crippen LogP contribution is 2.44. The molecule has 1 heterocycles. The maximum absolute atomic E-state index is 11.3. The first kappa shape index (κ1) is 18.6. The quantitative estimate of drug-likeness (QED) is 0.664. The number of likely N-dealkylation sites (N-methyl/N-ethyl adjacent to an activating group) is 1. The number of nitrogens with zero attached hydrogens (tertiary/aromatic N) is 2. The first-order valence-electron chi connectivity index (χ1n) is 9.68. The summed E-state index contributed by atoms with van der Waals surface area (Å²) in [6.07, 6.45) is 2.44. The number of benzene rings is 2. The number of hydrogen-bond donors (Lipinski definition) is 2. The summed E-state index contributed by atoms with van der Waals surface area (Å²) in [4.78, 5) is 18.3. The topological polar surface area (TPSA) is 79.5 Å². The van der Waals surface area contributed by atoms with Gasteiger partial charge in [-0.2, -0.15) is 0 Å². The third-order valence-electron chi connectivity index (χ3n) is 5.32. The van der Waals surface area contributed by atoms with E-state index >= 15 is 0 Å². The fourth-order valence-corrected chi connectivity index (χ4v) is 3.65. The summed E-state index contributed by atoms with van der Waals surface area (Å²) >= 11 is 0. The van der Waals surface area contributed by atoms with Gasteiger partial charge in [0.15, 0.2) is 0 Å². The summed E-state index contributed by atoms with van der Waals surface area (Å²) in [5.41, 5.74) is 11.3. The predicted molar refractivity (Wildman–Crippen MR) is 111 cm³/mol. The van der Waals surface area contributed by atoms with Gasteiger partial charge in [-0.05, 0) is 61.2 Å². The molecule has 1 aliphatic rings. The van der Waals surface area contributed by atoms with Gasteiger partial charge >= 0.3 is 0 Å². The Morgan fingerprint density at radius 3 is 2.57 bits per heavy atom. The molecule has 0 atom stereocenters. The van der Waals surface area contributed by atoms with Gasteiger partial charge < -0.3 is 10.8 Å². The van der Waals surface area contributed by atoms with Crippen molar-refractivity contribution in [1.29, 1.82) is 0 Å². The number of carbonyl (C=O) groups excluding carboxylic acids is 1. The van der Waals surface area contributed by atoms with Gasteiger partial charge in [-0.1, -0.05) is 24.3 Å². The van der Waals surface area contributed by atoms with Gasteiger partial charge in [-0.3, -0.25) is 9.69 Å². The standard InChI is InChI=1S/C23H25N3O2/c1-26(10-11-27)14-15-2-9-19-20(16-3-4-16)13-21(25-22(19)12-15)17-5-7-18(8-6-17)23(24)28/h2,5-9,12-13,16,27H,3-4,10-11,14H2,1H3,(H2,24,28). The lowest BCUT2D eigenvalue weighted by Gasteiger charge is -2.16. The maximum atomic E-state index is 11.3. The summed E-state index contributed by atoms with van der Waals surface area (Å²) in [5.74, 6) is 0.186. The van der Waals surface area contributed by atoms with E-state index in [-0.39, 0.29) is 6.61 Å². The summed E-state index contributed by atoms with van der Waals surface area (Å²) in [6.45, 7) is 1.57. The van der Waals surface area contributed by atoms with Gasteiger partial charge in [0, 0.05) is 29.6 Å². The van der Waals surface area contributed by atoms with Crippen molar-refractivity contribution >= 4 is 16.8 Å². The molecule has 5 heteroatoms. The van der Waals surface area contributed by atoms with Gasteiger partial charge in [-0.15, -0.1) is 0 Å². The van der Waals surface area contributed by atoms with Gasteiger partial charge in [0.05, 0.1) is 17.8 Å². The number of pyridine rings is 1. The molecule has 0 radical (unpaired) electrons. The van der Waals surface area contributed by atoms with E-state index in [0.29, 0.717) is 18.0 Å². The molecule has 3 N–H and O–H groups in total. The number of nitrogens with two attached hydrogens (primary N) is 1. The van der Waals surface area contributed by atoms with Gasteiger partial charge in [0.25, 0.3) is 0 Å². The van der Waals surface area contributed by atoms with Crippen LogP contribution in [0.2, 0.25) is 0 Å². The molecule has 0 bridgehead atoms. The van der Waals surface area contributed by atoms with E-state index in [2.05, 4.69) is 29.2 Å². The molecular weight excluding hydrogens is 350 g/mol. The molecule has 144 valence electrons. The Morgan fingerprint density at radius 2 is 1.93 bits per heavy atom. The van der Waals surface area contributed by atoms with Crippen LogP contribution >= 0.6 is 0 Å². The van der Waals surface area contributed by atoms with E-state index in [0.717, 1.165) is 23.3 Å². The van der Waals surface area contributed by atoms with Gasteiger partial charge in [0.2, 0.25) is 5.91 Å². The SMILES string of the molecule is CN(CCO)Cc1ccc2c(C3CC3)cc(-c3ccc(C(N)=O)cc3)nc2c1. The van der Waals surface area contributed by atoms with Crippen molar-refractivity contribution in [3.05, 3.63) is 65.2 Å². The molecule has 0 spiro atoms. The lowest BCUT2D eigenvalue weighted by Crippen LogP contribution is -2.21. The lowest BCUT2D eigenvalue weighted by atomic mass is 9.99. The second-order valence-electron chi connectivity index (χ2n) is 7.63. The Balaban J connectivity index is 1.75. The maximum Gasteiger partial charge on any atom is 0.248 e. The van der Waals surface area contributed by atoms with Crippen molar-refractivity contribution in [1.82, 2.24) is 9.88 Å². The largest absolute Gasteiger partial charge is 0.395 e. The van der Waals surface area contributed by atoms with E-state index in [4.69, 9.17) is 15.8 Å². The molecule has 1 aromatic heterocycles. The smallest absolute Gasteiger partial charge is 0.248 e. The Kier molecular flexibility index (Phi) is 5.11. The Hall–Kier alpha value is -2.76. The third kappa shape index (κ3) is 3.91. The molecule has 5 nitrogen and oxygen atoms in total. The molecule has 1 fully saturated rings. The van der Waals surface area contributed by atoms with Crippen molar-refractivity contribution < 1.29 is 9.90 Å². The number of fused-ring (bicyclic) bond motifs is 1. The molecule has 28 heavy (non-hydrogen) atoms. The Labute approximate surface area is 164 Å². The Bertz CT molecular complexity index is 1010. The highest BCUT2D eigenvalue weighted by Gasteiger charge is 2.26. The predicted octanol–water partition coefficient (Wildman–Crippen LogP) is 3.30. The van der Waals surface area contributed by atoms with E-state index < -0.39 is 5.91 Å². The lowest BCUT2D eigenvalue weighted by molar-refractivity contribution is 0.100. The molecular formula is C23H25N3O2. The van der Waals surface area contributed by atoms with E-state index in [9.17, 15) is 4.79 Å². The summed E-state index contributed by atoms with van der Waals surface area (Å²) < 4.78 is 0. The molecule has 4 rings (SSSR count). The fourth-order valence-electron chi connectivity index (χ4n) is 3.65. The molecule has 2 aromatic carbocycles. The van der Waals surface area contributed by atoms with E-state index in [1.807, 2.05) is 19.2 Å². The number of aliphatic hydroxyl groups excluding tert-OH is 1. The highest BCUT2D eigenvalue weighted by atomic mass is 16.3. The second kappa shape index (κ2) is 7.70. The number of hydrogen-bond acceptors (Lipinski definition) is 4. The van der Waals surface area contributed by atoms with Crippen LogP contribution in [0, 0.1) is 0 Å². The minimum Gasteiger partial charge on any atom is -0.395 e. The molecule has 1 amide bonds. The second-order valence-corrected chi connectivity index (χ2v) is 7.63. The van der Waals surface area contributed by atoms with Crippen LogP contribution in [-0.4, -0.2) is 41.1 Å². The highest BCUT2D eigenvalue weighted by molar-refractivity contribution is 5.93. The minimum atomic E-state index is -0.423. The third-order valence-corrected chi connectivity index (χ3v) is 5.32. The van der Waals surface area contributed by atoms with Crippen molar-refractivity contribution in [2.75, 3.05) is 20.2 Å². The molecule has 3 aromatic rings. The first-order valence-corrected chi connectivity index (χ1v) is 9.68. The number of carbonyl (C=O) groups is 1. The van der Waals surface area contributed by atoms with Gasteiger partial charge in [-0.25, -0.2) is 4.98 Å². The van der Waals surface area contributed by atoms with Crippen LogP contribution < -0.4 is 5.73 Å². The van der Waals surface area contributed by atoms with Crippen LogP contribution in [-0.2, 0) is 6.54 Å². The monoisotopic (exact) mass is 375 g/mol. The molecule has 0 saturated heterocycles. The van der Waals surface area contributed by atoms with E-state index in [1.54, 1.807) is 12.1 Å². The average Bonchev–Trinajstić information content (AvgIpc) is 3.52. The van der Waals surface area contributed by atoms with Crippen LogP contribution in [0.5, 0.6) is 0 Å². The zero-order valence-electron chi connectivity index (χ0n) is 16.1. The van der Waals surface area contributed by atoms with Gasteiger partial charge in [0.1, 0.15) is 0 Å². The fraction of sp³-hybridized carbons (Fsp3) is 0.304. The van der Waals surface area contributed by atoms with Crippen LogP contribution in [0.3, 0.4) is 0 Å². The van der Waals surface area contributed by atoms with Crippen LogP contribution in [0.1, 0.15) is 40.2 Å². The Morgan fingerprint density at radius 1 is 1.18 bits per heavy atom. The molecule has 1 aliphatic carbocycles. The summed E-state index contributed by atoms with van der Waals surface area (Å²) in [7, 11) is 2.00. The number of aliphatic hydroxyl groups is 1. The van der Waals surface area contributed by atoms with Crippen molar-refractivity contribution in [3.8, 4) is 11.3 Å². The molecule has 0 aliphatic heterocycles. The number of aromatic nitrogens is 1. The molecule has 0 unspecified atom stereocenters. The minimum absolute atomic E-state index is 0.152. The number of primary amides is 1. The van der Waals surface area contributed by atoms with Crippen LogP contribution in [0.25, 0.3) is 22.2 Å². The van der Waals surface area contributed by atoms with Crippen LogP contribution in [0.15, 0.2) is 48.5 Å². The number of amides is 1. The average molecular weight is 375 g/mol. The molecule has 1 saturated carbocycles. The van der Waals surface area contributed by atoms with Crippen molar-refractivity contribution in [3.63, 3.8) is 0 Å². The zero-order chi connectivity index (χ0) is 19.7. The summed E-state index contributed by atoms with van der Waals surface area (Å²) in [6, 6.07) is 16.0. The number of rotatable bonds is 7. The normalized spacial score (nSPS) is 14.0. The first-order chi connectivity index (χ1) is 13.5. The van der Waals surface area contributed by atoms with Crippen LogP contribution in [0.4, 0.5) is 0 Å². The zero-order valence-corrected chi connectivity index (χ0v) is 16.1. The summed E-state index contributed by atoms with van der Waals surface area (Å²) in [5, 5.41) is 10.3. The van der Waals surface area contributed by atoms with Crippen molar-refractivity contribution in [2.45, 2.75) is 25.3 Å². The van der Waals surface area contributed by atoms with Crippen molar-refractivity contribution in [2.24, 2.45) is 5.73 Å². The van der Waals surface area contributed by atoms with E-state index in [1.165, 1.54) is 29.4 Å².